The van der Waals surface area contributed by atoms with Crippen molar-refractivity contribution in [3.8, 4) is 5.75 Å². The molecule has 0 bridgehead atoms. The second kappa shape index (κ2) is 11.0. The maximum Gasteiger partial charge on any atom is 0.279 e. The smallest absolute Gasteiger partial charge is 0.279 e. The van der Waals surface area contributed by atoms with Gasteiger partial charge in [0.05, 0.1) is 19.3 Å². The summed E-state index contributed by atoms with van der Waals surface area (Å²) in [5.74, 6) is -0.0517. The Morgan fingerprint density at radius 2 is 1.71 bits per heavy atom. The molecule has 0 saturated carbocycles. The Balaban J connectivity index is 1.78. The van der Waals surface area contributed by atoms with Crippen molar-refractivity contribution in [2.75, 3.05) is 38.6 Å². The summed E-state index contributed by atoms with van der Waals surface area (Å²) in [4.78, 5) is 25.3. The van der Waals surface area contributed by atoms with E-state index in [0.717, 1.165) is 4.90 Å². The van der Waals surface area contributed by atoms with Crippen LogP contribution in [-0.4, -0.2) is 45.1 Å². The van der Waals surface area contributed by atoms with Crippen molar-refractivity contribution < 1.29 is 23.6 Å². The zero-order valence-electron chi connectivity index (χ0n) is 16.3. The molecule has 150 valence electrons. The standard InChI is InChI=1S/C21H26FN3O3/c1-3-25(15-21(27)24-18-10-6-7-11-19(18)28-2)14-20(26)23-13-12-16-8-4-5-9-17(16)22/h4-11H,3,12-15H2,1-2H3,(H,23,26)(H,24,27)/p+1. The summed E-state index contributed by atoms with van der Waals surface area (Å²) in [6.07, 6.45) is 0.425. The number of amides is 2. The fourth-order valence-corrected chi connectivity index (χ4v) is 2.81. The van der Waals surface area contributed by atoms with Crippen LogP contribution in [0.2, 0.25) is 0 Å². The summed E-state index contributed by atoms with van der Waals surface area (Å²) in [5.41, 5.74) is 1.17. The van der Waals surface area contributed by atoms with Crippen LogP contribution in [0.4, 0.5) is 10.1 Å². The molecule has 0 aliphatic carbocycles. The van der Waals surface area contributed by atoms with Gasteiger partial charge in [0.15, 0.2) is 13.1 Å². The topological polar surface area (TPSA) is 71.9 Å². The quantitative estimate of drug-likeness (QED) is 0.570. The Morgan fingerprint density at radius 1 is 1.04 bits per heavy atom. The molecule has 0 fully saturated rings. The lowest BCUT2D eigenvalue weighted by Crippen LogP contribution is -3.14. The van der Waals surface area contributed by atoms with Gasteiger partial charge in [-0.15, -0.1) is 0 Å². The van der Waals surface area contributed by atoms with Crippen molar-refractivity contribution >= 4 is 17.5 Å². The number of hydrogen-bond donors (Lipinski definition) is 3. The van der Waals surface area contributed by atoms with Crippen LogP contribution in [0.5, 0.6) is 5.75 Å². The Morgan fingerprint density at radius 3 is 2.43 bits per heavy atom. The van der Waals surface area contributed by atoms with Crippen LogP contribution in [-0.2, 0) is 16.0 Å². The largest absolute Gasteiger partial charge is 0.495 e. The zero-order valence-corrected chi connectivity index (χ0v) is 16.3. The number of benzene rings is 2. The summed E-state index contributed by atoms with van der Waals surface area (Å²) in [6.45, 7) is 3.23. The fourth-order valence-electron chi connectivity index (χ4n) is 2.81. The lowest BCUT2D eigenvalue weighted by Gasteiger charge is -2.17. The van der Waals surface area contributed by atoms with Crippen LogP contribution >= 0.6 is 0 Å². The number of carbonyl (C=O) groups is 2. The van der Waals surface area contributed by atoms with Gasteiger partial charge in [-0.2, -0.15) is 0 Å². The van der Waals surface area contributed by atoms with Gasteiger partial charge in [0.2, 0.25) is 0 Å². The van der Waals surface area contributed by atoms with Crippen molar-refractivity contribution in [2.45, 2.75) is 13.3 Å². The van der Waals surface area contributed by atoms with Gasteiger partial charge < -0.3 is 20.3 Å². The van der Waals surface area contributed by atoms with E-state index >= 15 is 0 Å². The third kappa shape index (κ3) is 6.66. The molecule has 6 nitrogen and oxygen atoms in total. The molecule has 2 aromatic carbocycles. The molecule has 0 aromatic heterocycles. The van der Waals surface area contributed by atoms with Crippen LogP contribution in [0, 0.1) is 5.82 Å². The molecule has 28 heavy (non-hydrogen) atoms. The van der Waals surface area contributed by atoms with Gasteiger partial charge in [-0.25, -0.2) is 4.39 Å². The second-order valence-electron chi connectivity index (χ2n) is 6.40. The number of halogens is 1. The Bertz CT molecular complexity index is 798. The first-order valence-electron chi connectivity index (χ1n) is 9.30. The fraction of sp³-hybridized carbons (Fsp3) is 0.333. The minimum atomic E-state index is -0.273. The number of methoxy groups -OCH3 is 1. The SMILES string of the molecule is CC[NH+](CC(=O)NCCc1ccccc1F)CC(=O)Nc1ccccc1OC. The summed E-state index contributed by atoms with van der Waals surface area (Å²) in [7, 11) is 1.54. The molecule has 1 atom stereocenters. The molecule has 2 rings (SSSR count). The molecule has 3 N–H and O–H groups in total. The summed E-state index contributed by atoms with van der Waals surface area (Å²) in [6, 6.07) is 13.7. The number of anilines is 1. The Hall–Kier alpha value is -2.93. The number of rotatable bonds is 10. The van der Waals surface area contributed by atoms with E-state index in [9.17, 15) is 14.0 Å². The van der Waals surface area contributed by atoms with Gasteiger partial charge in [-0.1, -0.05) is 30.3 Å². The molecule has 2 amide bonds. The van der Waals surface area contributed by atoms with Gasteiger partial charge in [-0.05, 0) is 37.1 Å². The first-order chi connectivity index (χ1) is 13.5. The number of likely N-dealkylation sites (N-methyl/N-ethyl adjacent to an activating group) is 1. The van der Waals surface area contributed by atoms with E-state index in [1.807, 2.05) is 19.1 Å². The number of hydrogen-bond acceptors (Lipinski definition) is 3. The lowest BCUT2D eigenvalue weighted by molar-refractivity contribution is -0.881. The number of para-hydroxylation sites is 2. The monoisotopic (exact) mass is 388 g/mol. The van der Waals surface area contributed by atoms with Crippen LogP contribution < -0.4 is 20.3 Å². The van der Waals surface area contributed by atoms with Crippen molar-refractivity contribution in [2.24, 2.45) is 0 Å². The predicted molar refractivity (Wildman–Crippen MR) is 106 cm³/mol. The Labute approximate surface area is 164 Å². The molecule has 1 unspecified atom stereocenters. The highest BCUT2D eigenvalue weighted by Crippen LogP contribution is 2.22. The van der Waals surface area contributed by atoms with Crippen molar-refractivity contribution in [1.82, 2.24) is 5.32 Å². The molecule has 2 aromatic rings. The molecule has 0 saturated heterocycles. The maximum absolute atomic E-state index is 13.6. The van der Waals surface area contributed by atoms with Crippen molar-refractivity contribution in [3.05, 3.63) is 59.9 Å². The van der Waals surface area contributed by atoms with Gasteiger partial charge >= 0.3 is 0 Å². The number of quaternary nitrogens is 1. The predicted octanol–water partition coefficient (Wildman–Crippen LogP) is 1.04. The van der Waals surface area contributed by atoms with Crippen molar-refractivity contribution in [1.29, 1.82) is 0 Å². The van der Waals surface area contributed by atoms with Gasteiger partial charge in [0.25, 0.3) is 11.8 Å². The van der Waals surface area contributed by atoms with Crippen LogP contribution in [0.25, 0.3) is 0 Å². The molecule has 0 aliphatic heterocycles. The van der Waals surface area contributed by atoms with Gasteiger partial charge in [0, 0.05) is 6.54 Å². The van der Waals surface area contributed by atoms with E-state index in [0.29, 0.717) is 36.5 Å². The van der Waals surface area contributed by atoms with Crippen LogP contribution in [0.3, 0.4) is 0 Å². The summed E-state index contributed by atoms with van der Waals surface area (Å²) >= 11 is 0. The minimum absolute atomic E-state index is 0.162. The normalized spacial score (nSPS) is 11.5. The van der Waals surface area contributed by atoms with E-state index < -0.39 is 0 Å². The van der Waals surface area contributed by atoms with Crippen LogP contribution in [0.1, 0.15) is 12.5 Å². The molecule has 0 radical (unpaired) electrons. The van der Waals surface area contributed by atoms with E-state index in [1.54, 1.807) is 37.4 Å². The first-order valence-corrected chi connectivity index (χ1v) is 9.30. The van der Waals surface area contributed by atoms with Crippen LogP contribution in [0.15, 0.2) is 48.5 Å². The average Bonchev–Trinajstić information content (AvgIpc) is 2.69. The van der Waals surface area contributed by atoms with Crippen molar-refractivity contribution in [3.63, 3.8) is 0 Å². The summed E-state index contributed by atoms with van der Waals surface area (Å²) in [5, 5.41) is 5.60. The highest BCUT2D eigenvalue weighted by molar-refractivity contribution is 5.93. The van der Waals surface area contributed by atoms with Gasteiger partial charge in [0.1, 0.15) is 11.6 Å². The maximum atomic E-state index is 13.6. The second-order valence-corrected chi connectivity index (χ2v) is 6.40. The third-order valence-electron chi connectivity index (χ3n) is 4.38. The third-order valence-corrected chi connectivity index (χ3v) is 4.38. The molecular formula is C21H27FN3O3+. The highest BCUT2D eigenvalue weighted by Gasteiger charge is 2.17. The Kier molecular flexibility index (Phi) is 8.42. The number of ether oxygens (including phenoxy) is 1. The molecular weight excluding hydrogens is 361 g/mol. The number of nitrogens with one attached hydrogen (secondary N) is 3. The van der Waals surface area contributed by atoms with E-state index in [4.69, 9.17) is 4.74 Å². The molecule has 0 heterocycles. The minimum Gasteiger partial charge on any atom is -0.495 e. The zero-order chi connectivity index (χ0) is 20.4. The average molecular weight is 388 g/mol. The lowest BCUT2D eigenvalue weighted by atomic mass is 10.1. The molecule has 7 heteroatoms. The van der Waals surface area contributed by atoms with Gasteiger partial charge in [-0.3, -0.25) is 9.59 Å². The molecule has 0 aliphatic rings. The summed E-state index contributed by atoms with van der Waals surface area (Å²) < 4.78 is 18.8. The number of carbonyl (C=O) groups excluding carboxylic acids is 2. The van der Waals surface area contributed by atoms with E-state index in [2.05, 4.69) is 10.6 Å². The van der Waals surface area contributed by atoms with E-state index in [1.165, 1.54) is 6.07 Å². The first kappa shape index (κ1) is 21.4. The molecule has 0 spiro atoms. The highest BCUT2D eigenvalue weighted by atomic mass is 19.1. The van der Waals surface area contributed by atoms with E-state index in [-0.39, 0.29) is 30.7 Å².